The molecule has 2 aliphatic heterocycles. The lowest BCUT2D eigenvalue weighted by Crippen LogP contribution is -2.79. The number of benzene rings is 1. The second kappa shape index (κ2) is 8.75. The number of halogens is 1. The first-order chi connectivity index (χ1) is 18.8. The van der Waals surface area contributed by atoms with Crippen LogP contribution in [-0.2, 0) is 33.3 Å². The van der Waals surface area contributed by atoms with Crippen LogP contribution in [0.2, 0.25) is 5.02 Å². The zero-order valence-electron chi connectivity index (χ0n) is 22.0. The van der Waals surface area contributed by atoms with E-state index >= 15 is 0 Å². The Morgan fingerprint density at radius 3 is 2.58 bits per heavy atom. The highest BCUT2D eigenvalue weighted by molar-refractivity contribution is 6.30. The molecule has 1 spiro atoms. The minimum Gasteiger partial charge on any atom is -0.504 e. The van der Waals surface area contributed by atoms with Gasteiger partial charge in [0.15, 0.2) is 11.5 Å². The zero-order chi connectivity index (χ0) is 28.9. The lowest BCUT2D eigenvalue weighted by Gasteiger charge is -2.67. The highest BCUT2D eigenvalue weighted by atomic mass is 35.5. The molecule has 40 heavy (non-hydrogen) atoms. The highest BCUT2D eigenvalue weighted by Gasteiger charge is 2.85. The Labute approximate surface area is 234 Å². The van der Waals surface area contributed by atoms with Crippen LogP contribution in [-0.4, -0.2) is 82.7 Å². The molecule has 1 aromatic rings. The summed E-state index contributed by atoms with van der Waals surface area (Å²) >= 11 is 6.03. The molecule has 6 rings (SSSR count). The number of aliphatic hydroxyl groups excluding tert-OH is 3. The van der Waals surface area contributed by atoms with E-state index in [1.807, 2.05) is 0 Å². The lowest BCUT2D eigenvalue weighted by molar-refractivity contribution is -0.288. The average molecular weight is 577 g/mol. The van der Waals surface area contributed by atoms with Crippen molar-refractivity contribution < 1.29 is 53.4 Å². The monoisotopic (exact) mass is 576 g/mol. The lowest BCUT2D eigenvalue weighted by atomic mass is 9.38. The van der Waals surface area contributed by atoms with E-state index in [0.29, 0.717) is 5.57 Å². The largest absolute Gasteiger partial charge is 0.504 e. The maximum Gasteiger partial charge on any atom is 0.348 e. The third-order valence-corrected chi connectivity index (χ3v) is 10.4. The molecule has 2 saturated heterocycles. The standard InChI is InChI=1S/C28H29ClO11/c1-11-14-8-16-27-10-38-28(25(36)37-3,22(33)18(32)20(27)26(14,2)9-15(30)17(11)31)21(27)19(24(35)39-16)40-23(34)12-5-4-6-13(29)7-12/h4-7,14,16,18-22,31-33H,8-10H2,1-3H3. The van der Waals surface area contributed by atoms with Gasteiger partial charge in [-0.3, -0.25) is 4.79 Å². The van der Waals surface area contributed by atoms with Crippen LogP contribution < -0.4 is 0 Å². The van der Waals surface area contributed by atoms with Crippen molar-refractivity contribution in [2.24, 2.45) is 28.6 Å². The minimum absolute atomic E-state index is 0.0398. The van der Waals surface area contributed by atoms with Gasteiger partial charge in [-0.05, 0) is 48.4 Å². The van der Waals surface area contributed by atoms with E-state index in [4.69, 9.17) is 30.5 Å². The molecule has 3 aliphatic carbocycles. The molecule has 2 saturated carbocycles. The van der Waals surface area contributed by atoms with Crippen molar-refractivity contribution in [2.45, 2.75) is 56.7 Å². The van der Waals surface area contributed by atoms with Gasteiger partial charge in [-0.15, -0.1) is 0 Å². The number of aliphatic hydroxyl groups is 3. The Bertz CT molecular complexity index is 1370. The summed E-state index contributed by atoms with van der Waals surface area (Å²) in [6, 6.07) is 5.87. The number of fused-ring (bicyclic) bond motifs is 2. The number of hydrogen-bond acceptors (Lipinski definition) is 11. The van der Waals surface area contributed by atoms with E-state index in [-0.39, 0.29) is 35.8 Å². The molecule has 12 heteroatoms. The Hall–Kier alpha value is -2.99. The predicted molar refractivity (Wildman–Crippen MR) is 134 cm³/mol. The van der Waals surface area contributed by atoms with Crippen molar-refractivity contribution in [3.05, 3.63) is 46.2 Å². The minimum atomic E-state index is -2.27. The number of carbonyl (C=O) groups excluding carboxylic acids is 4. The molecule has 2 bridgehead atoms. The summed E-state index contributed by atoms with van der Waals surface area (Å²) in [5.74, 6) is -6.60. The summed E-state index contributed by atoms with van der Waals surface area (Å²) < 4.78 is 22.7. The average Bonchev–Trinajstić information content (AvgIpc) is 3.22. The fourth-order valence-electron chi connectivity index (χ4n) is 8.65. The Morgan fingerprint density at radius 1 is 1.18 bits per heavy atom. The van der Waals surface area contributed by atoms with Gasteiger partial charge in [-0.2, -0.15) is 0 Å². The molecule has 4 fully saturated rings. The van der Waals surface area contributed by atoms with Gasteiger partial charge in [0.2, 0.25) is 11.7 Å². The van der Waals surface area contributed by atoms with E-state index in [0.717, 1.165) is 7.11 Å². The van der Waals surface area contributed by atoms with Crippen LogP contribution in [0.25, 0.3) is 0 Å². The van der Waals surface area contributed by atoms with Crippen molar-refractivity contribution in [3.63, 3.8) is 0 Å². The topological polar surface area (TPSA) is 166 Å². The molecule has 2 heterocycles. The van der Waals surface area contributed by atoms with Crippen molar-refractivity contribution in [3.8, 4) is 0 Å². The number of rotatable bonds is 3. The van der Waals surface area contributed by atoms with Crippen LogP contribution in [0.5, 0.6) is 0 Å². The second-order valence-electron chi connectivity index (χ2n) is 11.8. The van der Waals surface area contributed by atoms with Crippen molar-refractivity contribution in [1.29, 1.82) is 0 Å². The molecule has 10 atom stereocenters. The maximum absolute atomic E-state index is 13.6. The smallest absolute Gasteiger partial charge is 0.348 e. The molecule has 11 nitrogen and oxygen atoms in total. The van der Waals surface area contributed by atoms with E-state index in [2.05, 4.69) is 0 Å². The molecule has 3 N–H and O–H groups in total. The van der Waals surface area contributed by atoms with Crippen LogP contribution in [0.4, 0.5) is 0 Å². The summed E-state index contributed by atoms with van der Waals surface area (Å²) in [5.41, 5.74) is -4.22. The zero-order valence-corrected chi connectivity index (χ0v) is 22.7. The molecular weight excluding hydrogens is 548 g/mol. The summed E-state index contributed by atoms with van der Waals surface area (Å²) in [6.45, 7) is 3.14. The Kier molecular flexibility index (Phi) is 5.95. The van der Waals surface area contributed by atoms with Gasteiger partial charge >= 0.3 is 17.9 Å². The Morgan fingerprint density at radius 2 is 1.90 bits per heavy atom. The number of Topliss-reactive ketones (excluding diaryl/α,β-unsaturated/α-hetero) is 1. The summed E-state index contributed by atoms with van der Waals surface area (Å²) in [4.78, 5) is 53.1. The summed E-state index contributed by atoms with van der Waals surface area (Å²) in [7, 11) is 1.08. The predicted octanol–water partition coefficient (Wildman–Crippen LogP) is 1.52. The number of methoxy groups -OCH3 is 1. The Balaban J connectivity index is 1.54. The molecule has 0 radical (unpaired) electrons. The van der Waals surface area contributed by atoms with Crippen LogP contribution in [0.15, 0.2) is 35.6 Å². The molecule has 10 unspecified atom stereocenters. The molecular formula is C28H29ClO11. The molecule has 0 aromatic heterocycles. The first-order valence-corrected chi connectivity index (χ1v) is 13.4. The van der Waals surface area contributed by atoms with E-state index in [9.17, 15) is 34.5 Å². The number of ketones is 1. The third-order valence-electron chi connectivity index (χ3n) is 10.1. The van der Waals surface area contributed by atoms with Gasteiger partial charge in [0.25, 0.3) is 0 Å². The number of hydrogen-bond donors (Lipinski definition) is 3. The number of carbonyl (C=O) groups is 4. The van der Waals surface area contributed by atoms with Gasteiger partial charge in [-0.25, -0.2) is 14.4 Å². The van der Waals surface area contributed by atoms with Gasteiger partial charge in [0.1, 0.15) is 12.2 Å². The molecule has 0 amide bonds. The van der Waals surface area contributed by atoms with E-state index < -0.39 is 82.3 Å². The van der Waals surface area contributed by atoms with Crippen LogP contribution in [0, 0.1) is 28.6 Å². The maximum atomic E-state index is 13.6. The van der Waals surface area contributed by atoms with Crippen molar-refractivity contribution >= 4 is 35.3 Å². The SMILES string of the molecule is COC(=O)C12OCC34C(CC5C(C)=C(O)C(=O)CC5(C)C3C(O)C1O)OC(=O)C(OC(=O)c1cccc(Cl)c1)C24. The van der Waals surface area contributed by atoms with Gasteiger partial charge in [0.05, 0.1) is 31.3 Å². The fourth-order valence-corrected chi connectivity index (χ4v) is 8.85. The number of allylic oxidation sites excluding steroid dienone is 2. The first kappa shape index (κ1) is 27.2. The van der Waals surface area contributed by atoms with Gasteiger partial charge in [-0.1, -0.05) is 24.6 Å². The van der Waals surface area contributed by atoms with Crippen molar-refractivity contribution in [1.82, 2.24) is 0 Å². The molecule has 5 aliphatic rings. The van der Waals surface area contributed by atoms with Crippen LogP contribution in [0.3, 0.4) is 0 Å². The number of ether oxygens (including phenoxy) is 4. The quantitative estimate of drug-likeness (QED) is 0.353. The second-order valence-corrected chi connectivity index (χ2v) is 12.2. The molecule has 214 valence electrons. The third kappa shape index (κ3) is 3.17. The summed E-state index contributed by atoms with van der Waals surface area (Å²) in [5, 5.41) is 34.1. The van der Waals surface area contributed by atoms with Gasteiger partial charge in [0, 0.05) is 22.8 Å². The van der Waals surface area contributed by atoms with Crippen LogP contribution in [0.1, 0.15) is 37.0 Å². The van der Waals surface area contributed by atoms with E-state index in [1.54, 1.807) is 19.9 Å². The fraction of sp³-hybridized carbons (Fsp3) is 0.571. The van der Waals surface area contributed by atoms with E-state index in [1.165, 1.54) is 18.2 Å². The first-order valence-electron chi connectivity index (χ1n) is 13.0. The highest BCUT2D eigenvalue weighted by Crippen LogP contribution is 2.72. The normalized spacial score (nSPS) is 43.4. The number of esters is 3. The van der Waals surface area contributed by atoms with Crippen LogP contribution >= 0.6 is 11.6 Å². The van der Waals surface area contributed by atoms with Crippen molar-refractivity contribution in [2.75, 3.05) is 13.7 Å². The summed E-state index contributed by atoms with van der Waals surface area (Å²) in [6.07, 6.45) is -6.22. The van der Waals surface area contributed by atoms with Gasteiger partial charge < -0.3 is 34.3 Å². The molecule has 1 aromatic carbocycles.